The molecular formula is C18H17FN2O3. The van der Waals surface area contributed by atoms with Crippen molar-refractivity contribution in [2.45, 2.75) is 6.54 Å². The van der Waals surface area contributed by atoms with Crippen LogP contribution in [0.3, 0.4) is 0 Å². The lowest BCUT2D eigenvalue weighted by molar-refractivity contribution is 0.355. The summed E-state index contributed by atoms with van der Waals surface area (Å²) in [5.41, 5.74) is 6.87. The van der Waals surface area contributed by atoms with Crippen molar-refractivity contribution in [3.63, 3.8) is 0 Å². The molecule has 5 nitrogen and oxygen atoms in total. The first-order valence-electron chi connectivity index (χ1n) is 7.33. The molecule has 3 aromatic rings. The third-order valence-electron chi connectivity index (χ3n) is 3.66. The van der Waals surface area contributed by atoms with Crippen molar-refractivity contribution in [1.82, 2.24) is 4.98 Å². The number of hydrogen-bond donors (Lipinski definition) is 1. The Labute approximate surface area is 138 Å². The van der Waals surface area contributed by atoms with Crippen LogP contribution < -0.4 is 19.9 Å². The first-order chi connectivity index (χ1) is 11.7. The minimum atomic E-state index is -0.469. The summed E-state index contributed by atoms with van der Waals surface area (Å²) in [5.74, 6) is 1.23. The highest BCUT2D eigenvalue weighted by molar-refractivity contribution is 5.88. The van der Waals surface area contributed by atoms with Crippen LogP contribution in [-0.2, 0) is 6.54 Å². The Kier molecular flexibility index (Phi) is 4.48. The molecule has 1 heterocycles. The summed E-state index contributed by atoms with van der Waals surface area (Å²) in [7, 11) is 3.10. The summed E-state index contributed by atoms with van der Waals surface area (Å²) < 4.78 is 30.5. The Morgan fingerprint density at radius 1 is 0.958 bits per heavy atom. The fourth-order valence-electron chi connectivity index (χ4n) is 2.41. The topological polar surface area (TPSA) is 66.6 Å². The molecule has 2 N–H and O–H groups in total. The Morgan fingerprint density at radius 2 is 1.71 bits per heavy atom. The minimum Gasteiger partial charge on any atom is -0.493 e. The van der Waals surface area contributed by atoms with Crippen LogP contribution in [0.4, 0.5) is 4.39 Å². The predicted octanol–water partition coefficient (Wildman–Crippen LogP) is 3.64. The Morgan fingerprint density at radius 3 is 2.38 bits per heavy atom. The molecule has 0 aliphatic rings. The molecule has 0 radical (unpaired) electrons. The highest BCUT2D eigenvalue weighted by atomic mass is 19.1. The number of nitrogens with two attached hydrogens (primary N) is 1. The molecule has 124 valence electrons. The Hall–Kier alpha value is -2.86. The van der Waals surface area contributed by atoms with Crippen molar-refractivity contribution < 1.29 is 18.6 Å². The summed E-state index contributed by atoms with van der Waals surface area (Å²) in [6, 6.07) is 9.82. The van der Waals surface area contributed by atoms with Crippen LogP contribution in [0.1, 0.15) is 5.56 Å². The second-order valence-electron chi connectivity index (χ2n) is 5.10. The van der Waals surface area contributed by atoms with Crippen molar-refractivity contribution in [3.8, 4) is 23.0 Å². The SMILES string of the molecule is COc1cc2nccc(Oc3ccc(CN)cc3F)c2cc1OC. The molecule has 24 heavy (non-hydrogen) atoms. The van der Waals surface area contributed by atoms with Crippen LogP contribution in [-0.4, -0.2) is 19.2 Å². The van der Waals surface area contributed by atoms with E-state index < -0.39 is 5.82 Å². The number of rotatable bonds is 5. The second-order valence-corrected chi connectivity index (χ2v) is 5.10. The first kappa shape index (κ1) is 16.0. The molecule has 0 amide bonds. The average Bonchev–Trinajstić information content (AvgIpc) is 2.62. The number of halogens is 1. The van der Waals surface area contributed by atoms with E-state index in [2.05, 4.69) is 4.98 Å². The molecule has 0 bridgehead atoms. The standard InChI is InChI=1S/C18H17FN2O3/c1-22-17-8-12-14(9-18(17)23-2)21-6-5-15(12)24-16-4-3-11(10-20)7-13(16)19/h3-9H,10,20H2,1-2H3. The number of ether oxygens (including phenoxy) is 3. The van der Waals surface area contributed by atoms with Crippen molar-refractivity contribution in [2.75, 3.05) is 14.2 Å². The number of hydrogen-bond acceptors (Lipinski definition) is 5. The maximum Gasteiger partial charge on any atom is 0.166 e. The van der Waals surface area contributed by atoms with Crippen molar-refractivity contribution in [1.29, 1.82) is 0 Å². The molecule has 0 fully saturated rings. The van der Waals surface area contributed by atoms with E-state index in [0.717, 1.165) is 0 Å². The van der Waals surface area contributed by atoms with Crippen LogP contribution in [0.5, 0.6) is 23.0 Å². The maximum absolute atomic E-state index is 14.1. The smallest absolute Gasteiger partial charge is 0.166 e. The normalized spacial score (nSPS) is 10.7. The van der Waals surface area contributed by atoms with Gasteiger partial charge in [-0.2, -0.15) is 0 Å². The maximum atomic E-state index is 14.1. The van der Waals surface area contributed by atoms with Gasteiger partial charge in [0.25, 0.3) is 0 Å². The minimum absolute atomic E-state index is 0.120. The number of methoxy groups -OCH3 is 2. The van der Waals surface area contributed by atoms with Gasteiger partial charge in [-0.15, -0.1) is 0 Å². The molecule has 0 spiro atoms. The van der Waals surface area contributed by atoms with Gasteiger partial charge in [-0.1, -0.05) is 6.07 Å². The number of pyridine rings is 1. The summed E-state index contributed by atoms with van der Waals surface area (Å²) in [6.07, 6.45) is 1.59. The summed E-state index contributed by atoms with van der Waals surface area (Å²) in [5, 5.41) is 0.692. The van der Waals surface area contributed by atoms with E-state index in [0.29, 0.717) is 33.7 Å². The monoisotopic (exact) mass is 328 g/mol. The quantitative estimate of drug-likeness (QED) is 0.774. The fourth-order valence-corrected chi connectivity index (χ4v) is 2.41. The van der Waals surface area contributed by atoms with Gasteiger partial charge in [0.05, 0.1) is 19.7 Å². The first-order valence-corrected chi connectivity index (χ1v) is 7.33. The van der Waals surface area contributed by atoms with Crippen molar-refractivity contribution in [2.24, 2.45) is 5.73 Å². The number of fused-ring (bicyclic) bond motifs is 1. The van der Waals surface area contributed by atoms with E-state index in [1.54, 1.807) is 50.7 Å². The molecule has 0 aliphatic heterocycles. The molecule has 6 heteroatoms. The fraction of sp³-hybridized carbons (Fsp3) is 0.167. The van der Waals surface area contributed by atoms with Crippen LogP contribution in [0.25, 0.3) is 10.9 Å². The van der Waals surface area contributed by atoms with Crippen LogP contribution >= 0.6 is 0 Å². The van der Waals surface area contributed by atoms with Gasteiger partial charge in [-0.3, -0.25) is 4.98 Å². The summed E-state index contributed by atoms with van der Waals surface area (Å²) in [6.45, 7) is 0.270. The van der Waals surface area contributed by atoms with Crippen LogP contribution in [0.2, 0.25) is 0 Å². The van der Waals surface area contributed by atoms with Gasteiger partial charge in [-0.25, -0.2) is 4.39 Å². The highest BCUT2D eigenvalue weighted by Gasteiger charge is 2.13. The second kappa shape index (κ2) is 6.72. The van der Waals surface area contributed by atoms with Gasteiger partial charge in [0, 0.05) is 24.2 Å². The van der Waals surface area contributed by atoms with Crippen molar-refractivity contribution in [3.05, 3.63) is 54.0 Å². The Balaban J connectivity index is 2.06. The van der Waals surface area contributed by atoms with Gasteiger partial charge in [0.2, 0.25) is 0 Å². The molecule has 0 saturated heterocycles. The molecule has 0 unspecified atom stereocenters. The number of aromatic nitrogens is 1. The van der Waals surface area contributed by atoms with E-state index in [1.165, 1.54) is 6.07 Å². The highest BCUT2D eigenvalue weighted by Crippen LogP contribution is 2.37. The largest absolute Gasteiger partial charge is 0.493 e. The van der Waals surface area contributed by atoms with E-state index in [1.807, 2.05) is 0 Å². The van der Waals surface area contributed by atoms with Gasteiger partial charge < -0.3 is 19.9 Å². The predicted molar refractivity (Wildman–Crippen MR) is 89.2 cm³/mol. The lowest BCUT2D eigenvalue weighted by Gasteiger charge is -2.13. The molecule has 1 aromatic heterocycles. The summed E-state index contributed by atoms with van der Waals surface area (Å²) >= 11 is 0. The van der Waals surface area contributed by atoms with Gasteiger partial charge in [0.1, 0.15) is 5.75 Å². The molecule has 3 rings (SSSR count). The number of benzene rings is 2. The Bertz CT molecular complexity index is 884. The lowest BCUT2D eigenvalue weighted by atomic mass is 10.1. The van der Waals surface area contributed by atoms with E-state index in [-0.39, 0.29) is 12.3 Å². The summed E-state index contributed by atoms with van der Waals surface area (Å²) in [4.78, 5) is 4.29. The zero-order valence-electron chi connectivity index (χ0n) is 13.4. The van der Waals surface area contributed by atoms with Crippen LogP contribution in [0, 0.1) is 5.82 Å². The molecule has 0 atom stereocenters. The average molecular weight is 328 g/mol. The zero-order chi connectivity index (χ0) is 17.1. The van der Waals surface area contributed by atoms with E-state index in [9.17, 15) is 4.39 Å². The zero-order valence-corrected chi connectivity index (χ0v) is 13.4. The van der Waals surface area contributed by atoms with Crippen molar-refractivity contribution >= 4 is 10.9 Å². The molecular weight excluding hydrogens is 311 g/mol. The number of nitrogens with zero attached hydrogens (tertiary/aromatic N) is 1. The van der Waals surface area contributed by atoms with Gasteiger partial charge in [-0.05, 0) is 29.8 Å². The van der Waals surface area contributed by atoms with E-state index in [4.69, 9.17) is 19.9 Å². The molecule has 2 aromatic carbocycles. The molecule has 0 aliphatic carbocycles. The third kappa shape index (κ3) is 2.96. The van der Waals surface area contributed by atoms with E-state index >= 15 is 0 Å². The third-order valence-corrected chi connectivity index (χ3v) is 3.66. The van der Waals surface area contributed by atoms with Gasteiger partial charge in [0.15, 0.2) is 23.1 Å². The van der Waals surface area contributed by atoms with Gasteiger partial charge >= 0.3 is 0 Å². The molecule has 0 saturated carbocycles. The lowest BCUT2D eigenvalue weighted by Crippen LogP contribution is -1.98. The van der Waals surface area contributed by atoms with Crippen LogP contribution in [0.15, 0.2) is 42.6 Å².